The number of nitrogens with zero attached hydrogens (tertiary/aromatic N) is 1. The Hall–Kier alpha value is -3.16. The van der Waals surface area contributed by atoms with Crippen molar-refractivity contribution >= 4 is 15.7 Å². The second kappa shape index (κ2) is 11.7. The van der Waals surface area contributed by atoms with E-state index in [2.05, 4.69) is 0 Å². The quantitative estimate of drug-likeness (QED) is 0.448. The van der Waals surface area contributed by atoms with Gasteiger partial charge in [-0.2, -0.15) is 0 Å². The first-order valence-electron chi connectivity index (χ1n) is 12.5. The number of methoxy groups -OCH3 is 1. The highest BCUT2D eigenvalue weighted by Gasteiger charge is 2.23. The van der Waals surface area contributed by atoms with Crippen molar-refractivity contribution in [2.24, 2.45) is 5.73 Å². The second-order valence-electron chi connectivity index (χ2n) is 9.27. The molecule has 190 valence electrons. The zero-order valence-electron chi connectivity index (χ0n) is 20.8. The van der Waals surface area contributed by atoms with Crippen molar-refractivity contribution in [3.05, 3.63) is 83.4 Å². The van der Waals surface area contributed by atoms with Gasteiger partial charge in [0.2, 0.25) is 0 Å². The number of carbonyl (C=O) groups is 1. The average Bonchev–Trinajstić information content (AvgIpc) is 2.91. The molecule has 1 saturated heterocycles. The van der Waals surface area contributed by atoms with Crippen LogP contribution >= 0.6 is 0 Å². The predicted molar refractivity (Wildman–Crippen MR) is 143 cm³/mol. The van der Waals surface area contributed by atoms with Crippen LogP contribution in [0.1, 0.15) is 47.2 Å². The molecule has 7 heteroatoms. The van der Waals surface area contributed by atoms with E-state index >= 15 is 0 Å². The number of rotatable bonds is 9. The molecule has 1 amide bonds. The Morgan fingerprint density at radius 3 is 2.39 bits per heavy atom. The topological polar surface area (TPSA) is 89.7 Å². The highest BCUT2D eigenvalue weighted by Crippen LogP contribution is 2.32. The van der Waals surface area contributed by atoms with E-state index in [4.69, 9.17) is 10.5 Å². The molecule has 0 saturated carbocycles. The highest BCUT2D eigenvalue weighted by molar-refractivity contribution is 7.90. The maximum atomic E-state index is 13.5. The van der Waals surface area contributed by atoms with Crippen LogP contribution in [0.25, 0.3) is 11.1 Å². The van der Waals surface area contributed by atoms with Gasteiger partial charge in [-0.1, -0.05) is 42.5 Å². The van der Waals surface area contributed by atoms with Gasteiger partial charge in [-0.05, 0) is 85.2 Å². The summed E-state index contributed by atoms with van der Waals surface area (Å²) in [4.78, 5) is 15.0. The average molecular weight is 507 g/mol. The zero-order valence-corrected chi connectivity index (χ0v) is 21.6. The van der Waals surface area contributed by atoms with Crippen LogP contribution in [0.4, 0.5) is 0 Å². The number of sulfone groups is 1. The van der Waals surface area contributed by atoms with Crippen molar-refractivity contribution < 1.29 is 17.9 Å². The number of amides is 1. The van der Waals surface area contributed by atoms with E-state index in [1.54, 1.807) is 12.1 Å². The number of hydrogen-bond acceptors (Lipinski definition) is 5. The van der Waals surface area contributed by atoms with Crippen molar-refractivity contribution in [3.63, 3.8) is 0 Å². The number of piperidine rings is 1. The van der Waals surface area contributed by atoms with Gasteiger partial charge in [0.25, 0.3) is 5.91 Å². The fourth-order valence-corrected chi connectivity index (χ4v) is 6.23. The van der Waals surface area contributed by atoms with E-state index < -0.39 is 9.84 Å². The van der Waals surface area contributed by atoms with E-state index in [9.17, 15) is 13.2 Å². The summed E-state index contributed by atoms with van der Waals surface area (Å²) < 4.78 is 32.4. The van der Waals surface area contributed by atoms with Crippen LogP contribution < -0.4 is 10.5 Å². The van der Waals surface area contributed by atoms with Crippen LogP contribution in [0, 0.1) is 0 Å². The Morgan fingerprint density at radius 2 is 1.64 bits per heavy atom. The monoisotopic (exact) mass is 506 g/mol. The van der Waals surface area contributed by atoms with Gasteiger partial charge in [0, 0.05) is 18.7 Å². The molecule has 4 rings (SSSR count). The lowest BCUT2D eigenvalue weighted by Gasteiger charge is -2.26. The minimum Gasteiger partial charge on any atom is -0.495 e. The number of likely N-dealkylation sites (tertiary alicyclic amines) is 1. The van der Waals surface area contributed by atoms with E-state index in [0.29, 0.717) is 17.9 Å². The standard InChI is InChI=1S/C29H34N2O4S/c1-35-27-14-13-25(24-11-6-12-26(19-24)29(32)31-16-3-2-4-17-31)20-28(27)36(33,34)21-23-9-5-8-22(18-23)10-7-15-30/h5-6,8-9,11-14,18-20H,2-4,7,10,15-17,21,30H2,1H3. The lowest BCUT2D eigenvalue weighted by atomic mass is 10.0. The molecule has 0 radical (unpaired) electrons. The molecule has 3 aromatic carbocycles. The summed E-state index contributed by atoms with van der Waals surface area (Å²) in [6, 6.07) is 20.2. The first-order valence-corrected chi connectivity index (χ1v) is 14.1. The van der Waals surface area contributed by atoms with Gasteiger partial charge < -0.3 is 15.4 Å². The Balaban J connectivity index is 1.63. The lowest BCUT2D eigenvalue weighted by Crippen LogP contribution is -2.35. The molecule has 36 heavy (non-hydrogen) atoms. The molecule has 2 N–H and O–H groups in total. The summed E-state index contributed by atoms with van der Waals surface area (Å²) in [6.45, 7) is 2.15. The van der Waals surface area contributed by atoms with Crippen molar-refractivity contribution in [2.75, 3.05) is 26.7 Å². The zero-order chi connectivity index (χ0) is 25.5. The van der Waals surface area contributed by atoms with E-state index in [1.807, 2.05) is 59.5 Å². The molecule has 0 unspecified atom stereocenters. The fourth-order valence-electron chi connectivity index (χ4n) is 4.69. The van der Waals surface area contributed by atoms with Crippen molar-refractivity contribution in [3.8, 4) is 16.9 Å². The molecule has 3 aromatic rings. The van der Waals surface area contributed by atoms with Gasteiger partial charge in [-0.25, -0.2) is 8.42 Å². The van der Waals surface area contributed by atoms with Crippen LogP contribution in [0.3, 0.4) is 0 Å². The third kappa shape index (κ3) is 6.15. The van der Waals surface area contributed by atoms with Gasteiger partial charge in [0.1, 0.15) is 10.6 Å². The number of hydrogen-bond donors (Lipinski definition) is 1. The third-order valence-corrected chi connectivity index (χ3v) is 8.31. The first-order chi connectivity index (χ1) is 17.4. The molecule has 0 aromatic heterocycles. The van der Waals surface area contributed by atoms with Crippen LogP contribution in [-0.2, 0) is 22.0 Å². The van der Waals surface area contributed by atoms with E-state index in [1.165, 1.54) is 7.11 Å². The van der Waals surface area contributed by atoms with Crippen molar-refractivity contribution in [1.82, 2.24) is 4.90 Å². The predicted octanol–water partition coefficient (Wildman–Crippen LogP) is 4.85. The molecular formula is C29H34N2O4S. The van der Waals surface area contributed by atoms with Crippen LogP contribution in [0.2, 0.25) is 0 Å². The van der Waals surface area contributed by atoms with Gasteiger partial charge >= 0.3 is 0 Å². The van der Waals surface area contributed by atoms with Gasteiger partial charge in [-0.3, -0.25) is 4.79 Å². The molecule has 0 atom stereocenters. The fraction of sp³-hybridized carbons (Fsp3) is 0.345. The highest BCUT2D eigenvalue weighted by atomic mass is 32.2. The summed E-state index contributed by atoms with van der Waals surface area (Å²) in [5, 5.41) is 0. The largest absolute Gasteiger partial charge is 0.495 e. The number of aryl methyl sites for hydroxylation is 1. The SMILES string of the molecule is COc1ccc(-c2cccc(C(=O)N3CCCCC3)c2)cc1S(=O)(=O)Cc1cccc(CCCN)c1. The van der Waals surface area contributed by atoms with Crippen LogP contribution in [0.15, 0.2) is 71.6 Å². The van der Waals surface area contributed by atoms with Gasteiger partial charge in [0.05, 0.1) is 12.9 Å². The number of benzene rings is 3. The smallest absolute Gasteiger partial charge is 0.253 e. The molecule has 0 bridgehead atoms. The summed E-state index contributed by atoms with van der Waals surface area (Å²) in [6.07, 6.45) is 4.88. The Bertz CT molecular complexity index is 1310. The number of carbonyl (C=O) groups excluding carboxylic acids is 1. The molecular weight excluding hydrogens is 472 g/mol. The minimum absolute atomic E-state index is 0.0208. The summed E-state index contributed by atoms with van der Waals surface area (Å²) in [7, 11) is -2.22. The van der Waals surface area contributed by atoms with E-state index in [-0.39, 0.29) is 16.6 Å². The van der Waals surface area contributed by atoms with Crippen LogP contribution in [0.5, 0.6) is 5.75 Å². The summed E-state index contributed by atoms with van der Waals surface area (Å²) >= 11 is 0. The number of ether oxygens (including phenoxy) is 1. The summed E-state index contributed by atoms with van der Waals surface area (Å²) in [5.74, 6) is 0.197. The normalized spacial score (nSPS) is 14.0. The van der Waals surface area contributed by atoms with Crippen molar-refractivity contribution in [1.29, 1.82) is 0 Å². The number of nitrogens with two attached hydrogens (primary N) is 1. The third-order valence-electron chi connectivity index (χ3n) is 6.60. The van der Waals surface area contributed by atoms with Crippen molar-refractivity contribution in [2.45, 2.75) is 42.8 Å². The van der Waals surface area contributed by atoms with Gasteiger partial charge in [0.15, 0.2) is 9.84 Å². The molecule has 1 aliphatic heterocycles. The first kappa shape index (κ1) is 25.9. The summed E-state index contributed by atoms with van der Waals surface area (Å²) in [5.41, 5.74) is 9.55. The molecule has 1 fully saturated rings. The van der Waals surface area contributed by atoms with Gasteiger partial charge in [-0.15, -0.1) is 0 Å². The van der Waals surface area contributed by atoms with Crippen LogP contribution in [-0.4, -0.2) is 46.0 Å². The molecule has 1 heterocycles. The maximum absolute atomic E-state index is 13.5. The second-order valence-corrected chi connectivity index (χ2v) is 11.2. The molecule has 0 aliphatic carbocycles. The molecule has 1 aliphatic rings. The molecule has 0 spiro atoms. The Morgan fingerprint density at radius 1 is 0.917 bits per heavy atom. The van der Waals surface area contributed by atoms with E-state index in [0.717, 1.165) is 67.4 Å². The Kier molecular flexibility index (Phi) is 8.44. The Labute approximate surface area is 214 Å². The minimum atomic E-state index is -3.69. The maximum Gasteiger partial charge on any atom is 0.253 e. The lowest BCUT2D eigenvalue weighted by molar-refractivity contribution is 0.0724. The molecule has 6 nitrogen and oxygen atoms in total.